The van der Waals surface area contributed by atoms with Crippen LogP contribution < -0.4 is 0 Å². The summed E-state index contributed by atoms with van der Waals surface area (Å²) >= 11 is 3.46. The van der Waals surface area contributed by atoms with Crippen molar-refractivity contribution in [3.8, 4) is 11.5 Å². The fourth-order valence-electron chi connectivity index (χ4n) is 2.51. The number of pyridine rings is 1. The van der Waals surface area contributed by atoms with Gasteiger partial charge in [0.2, 0.25) is 0 Å². The maximum Gasteiger partial charge on any atom is 0.158 e. The monoisotopic (exact) mass is 371 g/mol. The number of hydrogen-bond acceptors (Lipinski definition) is 3. The molecule has 0 fully saturated rings. The Morgan fingerprint density at radius 2 is 1.91 bits per heavy atom. The molecule has 3 aromatic rings. The van der Waals surface area contributed by atoms with Crippen LogP contribution in [-0.4, -0.2) is 19.6 Å². The lowest BCUT2D eigenvalue weighted by molar-refractivity contribution is 0.271. The van der Waals surface area contributed by atoms with E-state index in [0.29, 0.717) is 0 Å². The van der Waals surface area contributed by atoms with Gasteiger partial charge >= 0.3 is 0 Å². The predicted molar refractivity (Wildman–Crippen MR) is 94.0 cm³/mol. The van der Waals surface area contributed by atoms with Crippen molar-refractivity contribution >= 4 is 15.9 Å². The lowest BCUT2D eigenvalue weighted by Gasteiger charge is -2.11. The highest BCUT2D eigenvalue weighted by Crippen LogP contribution is 2.21. The van der Waals surface area contributed by atoms with E-state index >= 15 is 0 Å². The summed E-state index contributed by atoms with van der Waals surface area (Å²) < 4.78 is 3.00. The summed E-state index contributed by atoms with van der Waals surface area (Å²) in [5, 5.41) is 9.58. The molecule has 0 amide bonds. The maximum absolute atomic E-state index is 9.58. The molecular formula is C18H18BrN3O. The summed E-state index contributed by atoms with van der Waals surface area (Å²) in [6.07, 6.45) is 4.34. The number of imidazole rings is 1. The Morgan fingerprint density at radius 1 is 1.13 bits per heavy atom. The third-order valence-electron chi connectivity index (χ3n) is 3.80. The minimum Gasteiger partial charge on any atom is -0.390 e. The van der Waals surface area contributed by atoms with Crippen LogP contribution in [0.4, 0.5) is 0 Å². The van der Waals surface area contributed by atoms with Crippen molar-refractivity contribution in [1.29, 1.82) is 0 Å². The van der Waals surface area contributed by atoms with Gasteiger partial charge in [0.05, 0.1) is 18.5 Å². The molecule has 0 radical (unpaired) electrons. The Labute approximate surface area is 144 Å². The van der Waals surface area contributed by atoms with E-state index in [1.807, 2.05) is 16.7 Å². The van der Waals surface area contributed by atoms with Crippen LogP contribution in [0.15, 0.2) is 53.3 Å². The molecule has 0 aliphatic heterocycles. The molecule has 118 valence electrons. The highest BCUT2D eigenvalue weighted by atomic mass is 79.9. The van der Waals surface area contributed by atoms with Crippen molar-refractivity contribution in [3.05, 3.63) is 70.1 Å². The molecule has 23 heavy (non-hydrogen) atoms. The van der Waals surface area contributed by atoms with E-state index in [-0.39, 0.29) is 6.61 Å². The smallest absolute Gasteiger partial charge is 0.158 e. The van der Waals surface area contributed by atoms with E-state index < -0.39 is 0 Å². The molecule has 2 aromatic heterocycles. The van der Waals surface area contributed by atoms with Crippen molar-refractivity contribution in [3.63, 3.8) is 0 Å². The Bertz CT molecular complexity index is 796. The van der Waals surface area contributed by atoms with E-state index in [0.717, 1.165) is 34.7 Å². The van der Waals surface area contributed by atoms with Crippen molar-refractivity contribution in [2.45, 2.75) is 26.5 Å². The van der Waals surface area contributed by atoms with Crippen LogP contribution in [0, 0.1) is 6.92 Å². The summed E-state index contributed by atoms with van der Waals surface area (Å²) in [6.45, 7) is 2.80. The van der Waals surface area contributed by atoms with E-state index in [9.17, 15) is 5.11 Å². The zero-order valence-electron chi connectivity index (χ0n) is 12.9. The first-order valence-electron chi connectivity index (χ1n) is 7.50. The van der Waals surface area contributed by atoms with Gasteiger partial charge in [-0.3, -0.25) is 4.98 Å². The van der Waals surface area contributed by atoms with Crippen molar-refractivity contribution < 1.29 is 5.11 Å². The molecule has 1 N–H and O–H groups in total. The topological polar surface area (TPSA) is 50.9 Å². The highest BCUT2D eigenvalue weighted by molar-refractivity contribution is 9.10. The fraction of sp³-hybridized carbons (Fsp3) is 0.222. The Hall–Kier alpha value is -1.98. The molecule has 0 saturated heterocycles. The van der Waals surface area contributed by atoms with Gasteiger partial charge in [-0.15, -0.1) is 0 Å². The lowest BCUT2D eigenvalue weighted by atomic mass is 10.1. The van der Waals surface area contributed by atoms with Crippen LogP contribution >= 0.6 is 15.9 Å². The van der Waals surface area contributed by atoms with Crippen LogP contribution in [0.1, 0.15) is 16.8 Å². The van der Waals surface area contributed by atoms with E-state index in [1.165, 1.54) is 11.1 Å². The molecule has 0 spiro atoms. The van der Waals surface area contributed by atoms with Gasteiger partial charge in [-0.25, -0.2) is 4.98 Å². The first-order valence-corrected chi connectivity index (χ1v) is 8.29. The third-order valence-corrected chi connectivity index (χ3v) is 4.29. The average Bonchev–Trinajstić information content (AvgIpc) is 2.97. The van der Waals surface area contributed by atoms with Crippen molar-refractivity contribution in [1.82, 2.24) is 14.5 Å². The largest absolute Gasteiger partial charge is 0.390 e. The average molecular weight is 372 g/mol. The lowest BCUT2D eigenvalue weighted by Crippen LogP contribution is -2.08. The summed E-state index contributed by atoms with van der Waals surface area (Å²) in [4.78, 5) is 8.83. The van der Waals surface area contributed by atoms with Gasteiger partial charge in [0, 0.05) is 17.2 Å². The Morgan fingerprint density at radius 3 is 2.61 bits per heavy atom. The minimum absolute atomic E-state index is 0.0328. The third kappa shape index (κ3) is 3.68. The Kier molecular flexibility index (Phi) is 4.88. The van der Waals surface area contributed by atoms with Gasteiger partial charge < -0.3 is 9.67 Å². The summed E-state index contributed by atoms with van der Waals surface area (Å²) in [5.74, 6) is 0.780. The van der Waals surface area contributed by atoms with E-state index in [1.54, 1.807) is 12.4 Å². The second-order valence-corrected chi connectivity index (χ2v) is 6.39. The molecule has 0 unspecified atom stereocenters. The normalized spacial score (nSPS) is 10.9. The molecular weight excluding hydrogens is 354 g/mol. The number of aliphatic hydroxyl groups is 1. The molecule has 2 heterocycles. The Balaban J connectivity index is 1.88. The number of halogens is 1. The molecule has 0 bridgehead atoms. The second kappa shape index (κ2) is 7.06. The van der Waals surface area contributed by atoms with Crippen LogP contribution in [-0.2, 0) is 19.6 Å². The van der Waals surface area contributed by atoms with Crippen LogP contribution in [0.5, 0.6) is 0 Å². The molecule has 3 rings (SSSR count). The number of aliphatic hydroxyl groups excluding tert-OH is 1. The number of benzene rings is 1. The van der Waals surface area contributed by atoms with Crippen molar-refractivity contribution in [2.75, 3.05) is 0 Å². The summed E-state index contributed by atoms with van der Waals surface area (Å²) in [7, 11) is 0. The first kappa shape index (κ1) is 15.9. The number of aryl methyl sites for hydroxylation is 2. The zero-order chi connectivity index (χ0) is 16.2. The molecule has 5 heteroatoms. The molecule has 0 atom stereocenters. The van der Waals surface area contributed by atoms with Crippen LogP contribution in [0.3, 0.4) is 0 Å². The van der Waals surface area contributed by atoms with Gasteiger partial charge in [-0.05, 0) is 31.0 Å². The molecule has 1 aromatic carbocycles. The highest BCUT2D eigenvalue weighted by Gasteiger charge is 2.12. The number of aromatic nitrogens is 3. The van der Waals surface area contributed by atoms with E-state index in [2.05, 4.69) is 57.1 Å². The number of rotatable bonds is 5. The fourth-order valence-corrected chi connectivity index (χ4v) is 2.85. The van der Waals surface area contributed by atoms with Gasteiger partial charge in [0.1, 0.15) is 5.69 Å². The summed E-state index contributed by atoms with van der Waals surface area (Å²) in [6, 6.07) is 12.3. The predicted octanol–water partition coefficient (Wildman–Crippen LogP) is 3.75. The number of nitrogens with zero attached hydrogens (tertiary/aromatic N) is 3. The van der Waals surface area contributed by atoms with Gasteiger partial charge in [-0.1, -0.05) is 45.8 Å². The minimum atomic E-state index is -0.0328. The van der Waals surface area contributed by atoms with Crippen molar-refractivity contribution in [2.24, 2.45) is 0 Å². The molecule has 0 saturated carbocycles. The van der Waals surface area contributed by atoms with Crippen LogP contribution in [0.25, 0.3) is 11.5 Å². The summed E-state index contributed by atoms with van der Waals surface area (Å²) in [5.41, 5.74) is 4.12. The van der Waals surface area contributed by atoms with Gasteiger partial charge in [0.25, 0.3) is 0 Å². The quantitative estimate of drug-likeness (QED) is 0.742. The second-order valence-electron chi connectivity index (χ2n) is 5.48. The molecule has 4 nitrogen and oxygen atoms in total. The number of hydrogen-bond donors (Lipinski definition) is 1. The van der Waals surface area contributed by atoms with E-state index in [4.69, 9.17) is 0 Å². The van der Waals surface area contributed by atoms with Gasteiger partial charge in [-0.2, -0.15) is 0 Å². The molecule has 0 aliphatic rings. The van der Waals surface area contributed by atoms with Crippen LogP contribution in [0.2, 0.25) is 0 Å². The standard InChI is InChI=1S/C18H18BrN3O/c1-13-2-4-14(5-3-13)7-9-22-16(12-23)11-21-18(22)17-10-15(19)6-8-20-17/h2-6,8,10-11,23H,7,9,12H2,1H3. The first-order chi connectivity index (χ1) is 11.2. The van der Waals surface area contributed by atoms with Gasteiger partial charge in [0.15, 0.2) is 5.82 Å². The SMILES string of the molecule is Cc1ccc(CCn2c(CO)cnc2-c2cc(Br)ccn2)cc1. The maximum atomic E-state index is 9.58. The molecule has 0 aliphatic carbocycles. The zero-order valence-corrected chi connectivity index (χ0v) is 14.5.